The van der Waals surface area contributed by atoms with Crippen LogP contribution in [-0.4, -0.2) is 25.4 Å². The predicted molar refractivity (Wildman–Crippen MR) is 75.5 cm³/mol. The van der Waals surface area contributed by atoms with Crippen molar-refractivity contribution in [3.8, 4) is 11.8 Å². The molecule has 0 bridgehead atoms. The highest BCUT2D eigenvalue weighted by Gasteiger charge is 2.24. The van der Waals surface area contributed by atoms with Gasteiger partial charge in [-0.3, -0.25) is 0 Å². The molecule has 1 aromatic carbocycles. The van der Waals surface area contributed by atoms with E-state index < -0.39 is 0 Å². The number of ether oxygens (including phenoxy) is 3. The molecule has 108 valence electrons. The number of rotatable bonds is 4. The first-order chi connectivity index (χ1) is 9.62. The van der Waals surface area contributed by atoms with Gasteiger partial charge in [-0.25, -0.2) is 0 Å². The van der Waals surface area contributed by atoms with E-state index in [9.17, 15) is 0 Å². The van der Waals surface area contributed by atoms with E-state index >= 15 is 0 Å². The van der Waals surface area contributed by atoms with E-state index in [0.29, 0.717) is 17.9 Å². The average Bonchev–Trinajstić information content (AvgIpc) is 2.43. The molecule has 0 aromatic heterocycles. The molecule has 1 aromatic rings. The van der Waals surface area contributed by atoms with Crippen LogP contribution >= 0.6 is 0 Å². The van der Waals surface area contributed by atoms with Crippen LogP contribution in [0.3, 0.4) is 0 Å². The van der Waals surface area contributed by atoms with Crippen LogP contribution in [0.1, 0.15) is 37.8 Å². The number of benzene rings is 1. The SMILES string of the molecule is COc1ccc(COC2CC(C)OC(C)C2)cc1C#N. The highest BCUT2D eigenvalue weighted by Crippen LogP contribution is 2.24. The summed E-state index contributed by atoms with van der Waals surface area (Å²) in [7, 11) is 1.57. The minimum atomic E-state index is 0.224. The highest BCUT2D eigenvalue weighted by molar-refractivity contribution is 5.45. The van der Waals surface area contributed by atoms with Crippen LogP contribution in [0.5, 0.6) is 5.75 Å². The number of nitrogens with zero attached hydrogens (tertiary/aromatic N) is 1. The van der Waals surface area contributed by atoms with E-state index in [2.05, 4.69) is 19.9 Å². The minimum Gasteiger partial charge on any atom is -0.495 e. The minimum absolute atomic E-state index is 0.224. The van der Waals surface area contributed by atoms with Gasteiger partial charge < -0.3 is 14.2 Å². The van der Waals surface area contributed by atoms with E-state index in [-0.39, 0.29) is 18.3 Å². The molecule has 4 heteroatoms. The molecule has 1 heterocycles. The molecule has 2 unspecified atom stereocenters. The van der Waals surface area contributed by atoms with Gasteiger partial charge in [-0.15, -0.1) is 0 Å². The summed E-state index contributed by atoms with van der Waals surface area (Å²) in [6.45, 7) is 4.67. The molecule has 0 N–H and O–H groups in total. The van der Waals surface area contributed by atoms with Crippen LogP contribution in [0, 0.1) is 11.3 Å². The van der Waals surface area contributed by atoms with Gasteiger partial charge in [0.1, 0.15) is 11.8 Å². The number of hydrogen-bond acceptors (Lipinski definition) is 4. The fraction of sp³-hybridized carbons (Fsp3) is 0.562. The summed E-state index contributed by atoms with van der Waals surface area (Å²) < 4.78 is 16.8. The maximum atomic E-state index is 9.07. The third kappa shape index (κ3) is 3.72. The van der Waals surface area contributed by atoms with Gasteiger partial charge in [-0.2, -0.15) is 5.26 Å². The highest BCUT2D eigenvalue weighted by atomic mass is 16.5. The maximum Gasteiger partial charge on any atom is 0.136 e. The van der Waals surface area contributed by atoms with Crippen LogP contribution in [-0.2, 0) is 16.1 Å². The summed E-state index contributed by atoms with van der Waals surface area (Å²) in [5.74, 6) is 0.601. The van der Waals surface area contributed by atoms with E-state index in [1.807, 2.05) is 18.2 Å². The second-order valence-electron chi connectivity index (χ2n) is 5.31. The third-order valence-corrected chi connectivity index (χ3v) is 3.52. The zero-order valence-corrected chi connectivity index (χ0v) is 12.3. The zero-order valence-electron chi connectivity index (χ0n) is 12.3. The van der Waals surface area contributed by atoms with Gasteiger partial charge in [0.25, 0.3) is 0 Å². The average molecular weight is 275 g/mol. The maximum absolute atomic E-state index is 9.07. The van der Waals surface area contributed by atoms with Gasteiger partial charge in [0.15, 0.2) is 0 Å². The molecule has 2 atom stereocenters. The summed E-state index contributed by atoms with van der Waals surface area (Å²) in [6.07, 6.45) is 2.56. The molecular weight excluding hydrogens is 254 g/mol. The lowest BCUT2D eigenvalue weighted by Crippen LogP contribution is -2.33. The molecule has 20 heavy (non-hydrogen) atoms. The lowest BCUT2D eigenvalue weighted by molar-refractivity contribution is -0.106. The van der Waals surface area contributed by atoms with Crippen LogP contribution in [0.4, 0.5) is 0 Å². The summed E-state index contributed by atoms with van der Waals surface area (Å²) in [6, 6.07) is 7.71. The first-order valence-electron chi connectivity index (χ1n) is 6.96. The van der Waals surface area contributed by atoms with Crippen molar-refractivity contribution < 1.29 is 14.2 Å². The standard InChI is InChI=1S/C16H21NO3/c1-11-6-15(7-12(2)20-11)19-10-13-4-5-16(18-3)14(8-13)9-17/h4-5,8,11-12,15H,6-7,10H2,1-3H3. The van der Waals surface area contributed by atoms with E-state index in [4.69, 9.17) is 19.5 Å². The van der Waals surface area contributed by atoms with Gasteiger partial charge in [0.05, 0.1) is 37.6 Å². The Hall–Kier alpha value is -1.57. The number of hydrogen-bond donors (Lipinski definition) is 0. The topological polar surface area (TPSA) is 51.5 Å². The van der Waals surface area contributed by atoms with Gasteiger partial charge in [-0.1, -0.05) is 6.07 Å². The lowest BCUT2D eigenvalue weighted by Gasteiger charge is -2.32. The Kier molecular flexibility index (Phi) is 4.99. The van der Waals surface area contributed by atoms with Gasteiger partial charge in [0, 0.05) is 0 Å². The summed E-state index contributed by atoms with van der Waals surface area (Å²) >= 11 is 0. The van der Waals surface area contributed by atoms with Crippen molar-refractivity contribution in [3.63, 3.8) is 0 Å². The molecule has 0 amide bonds. The molecule has 4 nitrogen and oxygen atoms in total. The molecule has 0 saturated carbocycles. The second kappa shape index (κ2) is 6.74. The van der Waals surface area contributed by atoms with Crippen molar-refractivity contribution in [3.05, 3.63) is 29.3 Å². The molecule has 2 rings (SSSR count). The van der Waals surface area contributed by atoms with E-state index in [0.717, 1.165) is 18.4 Å². The van der Waals surface area contributed by atoms with Gasteiger partial charge in [-0.05, 0) is 44.4 Å². The van der Waals surface area contributed by atoms with Crippen molar-refractivity contribution in [2.24, 2.45) is 0 Å². The smallest absolute Gasteiger partial charge is 0.136 e. The number of methoxy groups -OCH3 is 1. The Morgan fingerprint density at radius 2 is 2.00 bits per heavy atom. The molecule has 1 fully saturated rings. The Morgan fingerprint density at radius 1 is 1.30 bits per heavy atom. The normalized spacial score (nSPS) is 26.0. The molecule has 1 aliphatic heterocycles. The summed E-state index contributed by atoms with van der Waals surface area (Å²) in [5.41, 5.74) is 1.54. The zero-order chi connectivity index (χ0) is 14.5. The summed E-state index contributed by atoms with van der Waals surface area (Å²) in [4.78, 5) is 0. The van der Waals surface area contributed by atoms with Crippen molar-refractivity contribution >= 4 is 0 Å². The lowest BCUT2D eigenvalue weighted by atomic mass is 10.0. The van der Waals surface area contributed by atoms with Crippen molar-refractivity contribution in [2.75, 3.05) is 7.11 Å². The van der Waals surface area contributed by atoms with Crippen molar-refractivity contribution in [1.82, 2.24) is 0 Å². The van der Waals surface area contributed by atoms with Crippen molar-refractivity contribution in [2.45, 2.75) is 51.6 Å². The predicted octanol–water partition coefficient (Wildman–Crippen LogP) is 3.04. The molecular formula is C16H21NO3. The fourth-order valence-corrected chi connectivity index (χ4v) is 2.63. The van der Waals surface area contributed by atoms with E-state index in [1.54, 1.807) is 7.11 Å². The Labute approximate surface area is 120 Å². The monoisotopic (exact) mass is 275 g/mol. The first kappa shape index (κ1) is 14.8. The van der Waals surface area contributed by atoms with Gasteiger partial charge in [0.2, 0.25) is 0 Å². The van der Waals surface area contributed by atoms with E-state index in [1.165, 1.54) is 0 Å². The third-order valence-electron chi connectivity index (χ3n) is 3.52. The summed E-state index contributed by atoms with van der Waals surface area (Å²) in [5, 5.41) is 9.07. The Balaban J connectivity index is 1.95. The van der Waals surface area contributed by atoms with Gasteiger partial charge >= 0.3 is 0 Å². The quantitative estimate of drug-likeness (QED) is 0.847. The number of nitriles is 1. The van der Waals surface area contributed by atoms with Crippen LogP contribution in [0.2, 0.25) is 0 Å². The molecule has 1 aliphatic rings. The molecule has 0 spiro atoms. The van der Waals surface area contributed by atoms with Crippen molar-refractivity contribution in [1.29, 1.82) is 5.26 Å². The Bertz CT molecular complexity index is 485. The molecule has 0 radical (unpaired) electrons. The van der Waals surface area contributed by atoms with Crippen LogP contribution in [0.15, 0.2) is 18.2 Å². The first-order valence-corrected chi connectivity index (χ1v) is 6.96. The fourth-order valence-electron chi connectivity index (χ4n) is 2.63. The van der Waals surface area contributed by atoms with Crippen LogP contribution < -0.4 is 4.74 Å². The Morgan fingerprint density at radius 3 is 2.60 bits per heavy atom. The second-order valence-corrected chi connectivity index (χ2v) is 5.31. The molecule has 1 saturated heterocycles. The molecule has 0 aliphatic carbocycles. The van der Waals surface area contributed by atoms with Crippen LogP contribution in [0.25, 0.3) is 0 Å². The largest absolute Gasteiger partial charge is 0.495 e.